The second-order valence-corrected chi connectivity index (χ2v) is 10.9. The molecule has 5 heterocycles. The van der Waals surface area contributed by atoms with Gasteiger partial charge in [0, 0.05) is 37.5 Å². The Morgan fingerprint density at radius 3 is 2.57 bits per heavy atom. The van der Waals surface area contributed by atoms with Crippen molar-refractivity contribution in [2.45, 2.75) is 30.1 Å². The van der Waals surface area contributed by atoms with Crippen LogP contribution in [0.1, 0.15) is 30.0 Å². The van der Waals surface area contributed by atoms with E-state index in [0.717, 1.165) is 42.9 Å². The van der Waals surface area contributed by atoms with Crippen LogP contribution in [0.5, 0.6) is 5.75 Å². The second kappa shape index (κ2) is 8.15. The summed E-state index contributed by atoms with van der Waals surface area (Å²) in [5, 5.41) is 13.8. The highest BCUT2D eigenvalue weighted by molar-refractivity contribution is 7.90. The minimum Gasteiger partial charge on any atom is -0.505 e. The summed E-state index contributed by atoms with van der Waals surface area (Å²) in [6.45, 7) is 2.17. The van der Waals surface area contributed by atoms with E-state index in [1.165, 1.54) is 25.0 Å². The lowest BCUT2D eigenvalue weighted by Gasteiger charge is -2.30. The zero-order chi connectivity index (χ0) is 24.2. The van der Waals surface area contributed by atoms with Gasteiger partial charge < -0.3 is 19.4 Å². The number of sulfone groups is 1. The van der Waals surface area contributed by atoms with Crippen molar-refractivity contribution in [2.24, 2.45) is 0 Å². The van der Waals surface area contributed by atoms with E-state index in [4.69, 9.17) is 4.52 Å². The first-order chi connectivity index (χ1) is 16.9. The highest BCUT2D eigenvalue weighted by Crippen LogP contribution is 2.40. The van der Waals surface area contributed by atoms with E-state index in [0.29, 0.717) is 40.7 Å². The first kappa shape index (κ1) is 21.7. The van der Waals surface area contributed by atoms with Crippen LogP contribution in [0.4, 0.5) is 17.5 Å². The lowest BCUT2D eigenvalue weighted by molar-refractivity contribution is 0.415. The number of anilines is 3. The second-order valence-electron chi connectivity index (χ2n) is 8.91. The van der Waals surface area contributed by atoms with E-state index in [-0.39, 0.29) is 11.7 Å². The summed E-state index contributed by atoms with van der Waals surface area (Å²) in [4.78, 5) is 21.8. The molecule has 180 valence electrons. The van der Waals surface area contributed by atoms with Crippen LogP contribution >= 0.6 is 0 Å². The molecule has 0 amide bonds. The van der Waals surface area contributed by atoms with Crippen LogP contribution < -0.4 is 9.80 Å². The van der Waals surface area contributed by atoms with Crippen LogP contribution in [0, 0.1) is 0 Å². The molecule has 1 N–H and O–H groups in total. The third kappa shape index (κ3) is 3.83. The molecule has 35 heavy (non-hydrogen) atoms. The van der Waals surface area contributed by atoms with Crippen LogP contribution in [0.15, 0.2) is 46.3 Å². The molecule has 0 spiro atoms. The first-order valence-electron chi connectivity index (χ1n) is 11.4. The highest BCUT2D eigenvalue weighted by atomic mass is 32.2. The predicted molar refractivity (Wildman–Crippen MR) is 128 cm³/mol. The quantitative estimate of drug-likeness (QED) is 0.449. The molecule has 1 fully saturated rings. The van der Waals surface area contributed by atoms with Crippen LogP contribution in [-0.4, -0.2) is 64.5 Å². The smallest absolute Gasteiger partial charge is 0.228 e. The topological polar surface area (TPSA) is 138 Å². The zero-order valence-electron chi connectivity index (χ0n) is 19.0. The molecule has 0 saturated carbocycles. The molecule has 1 saturated heterocycles. The van der Waals surface area contributed by atoms with E-state index in [9.17, 15) is 13.5 Å². The molecule has 0 aliphatic carbocycles. The number of hydrogen-bond donors (Lipinski definition) is 1. The fraction of sp³-hybridized carbons (Fsp3) is 0.348. The Balaban J connectivity index is 1.26. The van der Waals surface area contributed by atoms with Gasteiger partial charge in [0.05, 0.1) is 17.3 Å². The molecule has 11 nitrogen and oxygen atoms in total. The third-order valence-electron chi connectivity index (χ3n) is 6.68. The summed E-state index contributed by atoms with van der Waals surface area (Å²) in [7, 11) is -3.27. The van der Waals surface area contributed by atoms with Gasteiger partial charge in [-0.05, 0) is 43.0 Å². The van der Waals surface area contributed by atoms with Gasteiger partial charge in [-0.1, -0.05) is 5.16 Å². The maximum absolute atomic E-state index is 11.9. The summed E-state index contributed by atoms with van der Waals surface area (Å²) in [5.74, 6) is 1.46. The van der Waals surface area contributed by atoms with E-state index >= 15 is 0 Å². The van der Waals surface area contributed by atoms with Gasteiger partial charge >= 0.3 is 0 Å². The monoisotopic (exact) mass is 493 g/mol. The average molecular weight is 494 g/mol. The van der Waals surface area contributed by atoms with Crippen LogP contribution in [0.25, 0.3) is 11.1 Å². The minimum atomic E-state index is -3.27. The summed E-state index contributed by atoms with van der Waals surface area (Å²) in [6, 6.07) is 5.19. The molecule has 4 aromatic rings. The Morgan fingerprint density at radius 1 is 1.06 bits per heavy atom. The number of fused-ring (bicyclic) bond motifs is 2. The minimum absolute atomic E-state index is 0.0460. The molecule has 2 aliphatic heterocycles. The van der Waals surface area contributed by atoms with Gasteiger partial charge in [0.25, 0.3) is 0 Å². The molecule has 0 radical (unpaired) electrons. The van der Waals surface area contributed by atoms with Gasteiger partial charge in [0.1, 0.15) is 17.5 Å². The molecule has 0 unspecified atom stereocenters. The van der Waals surface area contributed by atoms with Crippen LogP contribution in [0.2, 0.25) is 0 Å². The maximum Gasteiger partial charge on any atom is 0.228 e. The third-order valence-corrected chi connectivity index (χ3v) is 7.79. The van der Waals surface area contributed by atoms with Crippen molar-refractivity contribution in [1.29, 1.82) is 0 Å². The standard InChI is InChI=1S/C23H23N7O4S/c1-35(32,33)17-2-3-18-15(10-17)6-9-30(18)22-21-20(26-13-27-22)19(28-34-21)14-4-7-29(8-5-14)23-24-11-16(31)12-25-23/h2-3,10-14,31H,4-9H2,1H3. The Hall–Kier alpha value is -3.80. The number of rotatable bonds is 4. The van der Waals surface area contributed by atoms with Gasteiger partial charge in [-0.25, -0.2) is 28.4 Å². The molecule has 0 atom stereocenters. The zero-order valence-corrected chi connectivity index (χ0v) is 19.8. The molecular formula is C23H23N7O4S. The lowest BCUT2D eigenvalue weighted by Crippen LogP contribution is -2.34. The van der Waals surface area contributed by atoms with E-state index < -0.39 is 9.84 Å². The molecule has 2 aliphatic rings. The maximum atomic E-state index is 11.9. The Kier molecular flexibility index (Phi) is 5.06. The fourth-order valence-corrected chi connectivity index (χ4v) is 5.56. The molecule has 0 bridgehead atoms. The van der Waals surface area contributed by atoms with Gasteiger partial charge in [-0.2, -0.15) is 0 Å². The highest BCUT2D eigenvalue weighted by Gasteiger charge is 2.30. The number of piperidine rings is 1. The Morgan fingerprint density at radius 2 is 1.83 bits per heavy atom. The number of aromatic nitrogens is 5. The average Bonchev–Trinajstić information content (AvgIpc) is 3.48. The SMILES string of the molecule is CS(=O)(=O)c1ccc2c(c1)CCN2c1ncnc2c(C3CCN(c4ncc(O)cn4)CC3)noc12. The number of benzene rings is 1. The van der Waals surface area contributed by atoms with Gasteiger partial charge in [-0.3, -0.25) is 0 Å². The summed E-state index contributed by atoms with van der Waals surface area (Å²) >= 11 is 0. The van der Waals surface area contributed by atoms with Gasteiger partial charge in [0.2, 0.25) is 11.5 Å². The van der Waals surface area contributed by atoms with E-state index in [2.05, 4.69) is 30.0 Å². The van der Waals surface area contributed by atoms with Crippen LogP contribution in [-0.2, 0) is 16.3 Å². The summed E-state index contributed by atoms with van der Waals surface area (Å²) < 4.78 is 29.7. The van der Waals surface area contributed by atoms with Crippen molar-refractivity contribution in [3.63, 3.8) is 0 Å². The number of nitrogens with zero attached hydrogens (tertiary/aromatic N) is 7. The van der Waals surface area contributed by atoms with Crippen molar-refractivity contribution < 1.29 is 18.0 Å². The molecule has 6 rings (SSSR count). The van der Waals surface area contributed by atoms with Crippen molar-refractivity contribution in [2.75, 3.05) is 35.7 Å². The van der Waals surface area contributed by atoms with Crippen molar-refractivity contribution >= 4 is 38.4 Å². The van der Waals surface area contributed by atoms with E-state index in [1.807, 2.05) is 11.0 Å². The molecule has 1 aromatic carbocycles. The van der Waals surface area contributed by atoms with Crippen LogP contribution in [0.3, 0.4) is 0 Å². The lowest BCUT2D eigenvalue weighted by atomic mass is 9.93. The normalized spacial score (nSPS) is 16.7. The first-order valence-corrected chi connectivity index (χ1v) is 13.2. The van der Waals surface area contributed by atoms with Gasteiger partial charge in [-0.15, -0.1) is 0 Å². The van der Waals surface area contributed by atoms with Crippen molar-refractivity contribution in [1.82, 2.24) is 25.1 Å². The molecule has 12 heteroatoms. The van der Waals surface area contributed by atoms with Gasteiger partial charge in [0.15, 0.2) is 21.4 Å². The Bertz CT molecular complexity index is 1510. The number of aromatic hydroxyl groups is 1. The van der Waals surface area contributed by atoms with Crippen molar-refractivity contribution in [3.05, 3.63) is 48.2 Å². The van der Waals surface area contributed by atoms with E-state index in [1.54, 1.807) is 12.1 Å². The summed E-state index contributed by atoms with van der Waals surface area (Å²) in [6.07, 6.45) is 7.93. The number of hydrogen-bond acceptors (Lipinski definition) is 11. The molecular weight excluding hydrogens is 470 g/mol. The summed E-state index contributed by atoms with van der Waals surface area (Å²) in [5.41, 5.74) is 3.94. The fourth-order valence-electron chi connectivity index (χ4n) is 4.89. The molecule has 3 aromatic heterocycles. The largest absolute Gasteiger partial charge is 0.505 e. The predicted octanol–water partition coefficient (Wildman–Crippen LogP) is 2.60. The Labute approximate surface area is 201 Å². The van der Waals surface area contributed by atoms with Crippen molar-refractivity contribution in [3.8, 4) is 5.75 Å².